The predicted molar refractivity (Wildman–Crippen MR) is 147 cm³/mol. The van der Waals surface area contributed by atoms with Crippen molar-refractivity contribution >= 4 is 34.2 Å². The quantitative estimate of drug-likeness (QED) is 0.547. The number of hydrogen-bond acceptors (Lipinski definition) is 7. The lowest BCUT2D eigenvalue weighted by Gasteiger charge is -2.44. The Morgan fingerprint density at radius 3 is 2.66 bits per heavy atom. The van der Waals surface area contributed by atoms with Gasteiger partial charge in [0.2, 0.25) is 0 Å². The van der Waals surface area contributed by atoms with Crippen molar-refractivity contribution in [2.24, 2.45) is 5.41 Å². The minimum atomic E-state index is -0.399. The highest BCUT2D eigenvalue weighted by molar-refractivity contribution is 7.20. The summed E-state index contributed by atoms with van der Waals surface area (Å²) < 4.78 is 5.71. The van der Waals surface area contributed by atoms with Gasteiger partial charge < -0.3 is 15.0 Å². The van der Waals surface area contributed by atoms with Gasteiger partial charge >= 0.3 is 12.0 Å². The number of thiophene rings is 1. The highest BCUT2D eigenvalue weighted by Gasteiger charge is 2.54. The number of hydrogen-bond donors (Lipinski definition) is 2. The fourth-order valence-corrected chi connectivity index (χ4v) is 7.28. The van der Waals surface area contributed by atoms with E-state index in [9.17, 15) is 14.4 Å². The number of esters is 1. The number of anilines is 1. The zero-order chi connectivity index (χ0) is 26.9. The number of aromatic nitrogens is 1. The molecule has 2 N–H and O–H groups in total. The van der Waals surface area contributed by atoms with Crippen LogP contribution in [0.25, 0.3) is 10.6 Å². The summed E-state index contributed by atoms with van der Waals surface area (Å²) in [6, 6.07) is 7.50. The average Bonchev–Trinajstić information content (AvgIpc) is 3.41. The van der Waals surface area contributed by atoms with E-state index in [-0.39, 0.29) is 17.9 Å². The van der Waals surface area contributed by atoms with Crippen LogP contribution < -0.4 is 10.6 Å². The van der Waals surface area contributed by atoms with Gasteiger partial charge in [0.25, 0.3) is 5.91 Å². The van der Waals surface area contributed by atoms with Crippen LogP contribution in [0.3, 0.4) is 0 Å². The molecule has 2 aromatic rings. The van der Waals surface area contributed by atoms with Crippen LogP contribution in [0.1, 0.15) is 63.2 Å². The van der Waals surface area contributed by atoms with Gasteiger partial charge in [-0.05, 0) is 71.2 Å². The standard InChI is InChI=1S/C28H37N5O4S/c1-4-29-26(36)31-23-20(16-22(38-23)21-8-5-6-12-30-21)24(34)32-14-9-19(10-15-32)33-13-7-11-28(18-33)17-27(2,3)37-25(28)35/h5-6,8,12,16,19H,4,7,9-11,13-15,17-18H2,1-3H3,(H2,29,31,36). The molecule has 0 aliphatic carbocycles. The molecule has 0 bridgehead atoms. The molecule has 1 spiro atoms. The molecule has 2 aromatic heterocycles. The SMILES string of the molecule is CCNC(=O)Nc1sc(-c2ccccn2)cc1C(=O)N1CCC(N2CCCC3(C2)CC(C)(C)OC3=O)CC1. The number of carbonyl (C=O) groups is 3. The maximum Gasteiger partial charge on any atom is 0.319 e. The van der Waals surface area contributed by atoms with E-state index in [1.54, 1.807) is 6.20 Å². The van der Waals surface area contributed by atoms with Crippen molar-refractivity contribution in [2.45, 2.75) is 64.5 Å². The summed E-state index contributed by atoms with van der Waals surface area (Å²) in [4.78, 5) is 48.4. The van der Waals surface area contributed by atoms with Crippen molar-refractivity contribution in [1.82, 2.24) is 20.1 Å². The maximum absolute atomic E-state index is 13.7. The second-order valence-electron chi connectivity index (χ2n) is 11.3. The van der Waals surface area contributed by atoms with Crippen LogP contribution in [0.2, 0.25) is 0 Å². The molecule has 3 amide bonds. The summed E-state index contributed by atoms with van der Waals surface area (Å²) in [6.45, 7) is 9.34. The van der Waals surface area contributed by atoms with E-state index in [0.29, 0.717) is 36.2 Å². The second kappa shape index (κ2) is 10.6. The molecule has 5 rings (SSSR count). The van der Waals surface area contributed by atoms with Crippen molar-refractivity contribution < 1.29 is 19.1 Å². The number of likely N-dealkylation sites (tertiary alicyclic amines) is 2. The highest BCUT2D eigenvalue weighted by atomic mass is 32.1. The molecule has 9 nitrogen and oxygen atoms in total. The largest absolute Gasteiger partial charge is 0.459 e. The Morgan fingerprint density at radius 2 is 2.00 bits per heavy atom. The molecule has 3 saturated heterocycles. The van der Waals surface area contributed by atoms with Gasteiger partial charge in [-0.15, -0.1) is 11.3 Å². The first-order chi connectivity index (χ1) is 18.2. The number of carbonyl (C=O) groups excluding carboxylic acids is 3. The fraction of sp³-hybridized carbons (Fsp3) is 0.571. The number of nitrogens with one attached hydrogen (secondary N) is 2. The number of nitrogens with zero attached hydrogens (tertiary/aromatic N) is 3. The van der Waals surface area contributed by atoms with Crippen LogP contribution in [-0.2, 0) is 9.53 Å². The van der Waals surface area contributed by atoms with Gasteiger partial charge in [0, 0.05) is 44.8 Å². The molecule has 3 aliphatic heterocycles. The third-order valence-electron chi connectivity index (χ3n) is 7.88. The number of ether oxygens (including phenoxy) is 1. The number of rotatable bonds is 5. The van der Waals surface area contributed by atoms with Crippen LogP contribution in [0.4, 0.5) is 9.80 Å². The lowest BCUT2D eigenvalue weighted by atomic mass is 9.74. The number of amides is 3. The molecule has 0 saturated carbocycles. The lowest BCUT2D eigenvalue weighted by Crippen LogP contribution is -2.53. The van der Waals surface area contributed by atoms with Crippen LogP contribution >= 0.6 is 11.3 Å². The van der Waals surface area contributed by atoms with Crippen molar-refractivity contribution in [3.8, 4) is 10.6 Å². The van der Waals surface area contributed by atoms with Crippen LogP contribution in [-0.4, -0.2) is 77.1 Å². The lowest BCUT2D eigenvalue weighted by molar-refractivity contribution is -0.154. The average molecular weight is 540 g/mol. The molecule has 38 heavy (non-hydrogen) atoms. The maximum atomic E-state index is 13.7. The minimum Gasteiger partial charge on any atom is -0.459 e. The highest BCUT2D eigenvalue weighted by Crippen LogP contribution is 2.47. The summed E-state index contributed by atoms with van der Waals surface area (Å²) in [5.74, 6) is -0.127. The summed E-state index contributed by atoms with van der Waals surface area (Å²) in [6.07, 6.45) is 6.08. The first-order valence-corrected chi connectivity index (χ1v) is 14.4. The van der Waals surface area contributed by atoms with E-state index in [1.807, 2.05) is 49.9 Å². The van der Waals surface area contributed by atoms with Gasteiger partial charge in [-0.1, -0.05) is 6.07 Å². The van der Waals surface area contributed by atoms with Crippen molar-refractivity contribution in [1.29, 1.82) is 0 Å². The fourth-order valence-electron chi connectivity index (χ4n) is 6.26. The molecule has 0 radical (unpaired) electrons. The number of piperidine rings is 2. The molecule has 3 fully saturated rings. The van der Waals surface area contributed by atoms with E-state index >= 15 is 0 Å². The monoisotopic (exact) mass is 539 g/mol. The molecule has 1 atom stereocenters. The minimum absolute atomic E-state index is 0.0480. The van der Waals surface area contributed by atoms with Crippen molar-refractivity contribution in [3.05, 3.63) is 36.0 Å². The number of cyclic esters (lactones) is 1. The van der Waals surface area contributed by atoms with Crippen LogP contribution in [0, 0.1) is 5.41 Å². The number of pyridine rings is 1. The Labute approximate surface area is 227 Å². The van der Waals surface area contributed by atoms with E-state index in [4.69, 9.17) is 4.74 Å². The smallest absolute Gasteiger partial charge is 0.319 e. The zero-order valence-electron chi connectivity index (χ0n) is 22.4. The first-order valence-electron chi connectivity index (χ1n) is 13.6. The third-order valence-corrected chi connectivity index (χ3v) is 8.96. The van der Waals surface area contributed by atoms with Gasteiger partial charge in [-0.3, -0.25) is 24.8 Å². The van der Waals surface area contributed by atoms with E-state index in [0.717, 1.165) is 55.8 Å². The summed E-state index contributed by atoms with van der Waals surface area (Å²) >= 11 is 1.36. The second-order valence-corrected chi connectivity index (χ2v) is 12.3. The Balaban J connectivity index is 1.27. The molecule has 10 heteroatoms. The first kappa shape index (κ1) is 26.6. The Morgan fingerprint density at radius 1 is 1.21 bits per heavy atom. The van der Waals surface area contributed by atoms with Crippen LogP contribution in [0.5, 0.6) is 0 Å². The Hall–Kier alpha value is -2.98. The molecule has 5 heterocycles. The zero-order valence-corrected chi connectivity index (χ0v) is 23.2. The van der Waals surface area contributed by atoms with E-state index in [1.165, 1.54) is 11.3 Å². The molecule has 1 unspecified atom stereocenters. The molecular formula is C28H37N5O4S. The predicted octanol–water partition coefficient (Wildman–Crippen LogP) is 4.36. The van der Waals surface area contributed by atoms with Crippen LogP contribution in [0.15, 0.2) is 30.5 Å². The molecule has 204 valence electrons. The van der Waals surface area contributed by atoms with Crippen molar-refractivity contribution in [2.75, 3.05) is 38.0 Å². The summed E-state index contributed by atoms with van der Waals surface area (Å²) in [5.41, 5.74) is 0.465. The Kier molecular flexibility index (Phi) is 7.46. The summed E-state index contributed by atoms with van der Waals surface area (Å²) in [5, 5.41) is 6.13. The third kappa shape index (κ3) is 5.42. The molecule has 0 aromatic carbocycles. The molecule has 3 aliphatic rings. The van der Waals surface area contributed by atoms with Gasteiger partial charge in [0.1, 0.15) is 10.6 Å². The van der Waals surface area contributed by atoms with Crippen molar-refractivity contribution in [3.63, 3.8) is 0 Å². The normalized spacial score (nSPS) is 23.9. The Bertz CT molecular complexity index is 1190. The van der Waals surface area contributed by atoms with E-state index < -0.39 is 11.0 Å². The van der Waals surface area contributed by atoms with Gasteiger partial charge in [0.15, 0.2) is 0 Å². The van der Waals surface area contributed by atoms with Gasteiger partial charge in [-0.2, -0.15) is 0 Å². The van der Waals surface area contributed by atoms with Gasteiger partial charge in [-0.25, -0.2) is 4.79 Å². The molecular weight excluding hydrogens is 502 g/mol. The van der Waals surface area contributed by atoms with E-state index in [2.05, 4.69) is 20.5 Å². The number of urea groups is 1. The topological polar surface area (TPSA) is 104 Å². The van der Waals surface area contributed by atoms with Gasteiger partial charge in [0.05, 0.1) is 21.5 Å². The summed E-state index contributed by atoms with van der Waals surface area (Å²) in [7, 11) is 0.